The number of halogens is 1. The van der Waals surface area contributed by atoms with E-state index in [0.717, 1.165) is 22.4 Å². The van der Waals surface area contributed by atoms with Crippen LogP contribution < -0.4 is 5.32 Å². The van der Waals surface area contributed by atoms with E-state index in [1.165, 1.54) is 23.3 Å². The summed E-state index contributed by atoms with van der Waals surface area (Å²) < 4.78 is 13.7. The van der Waals surface area contributed by atoms with E-state index < -0.39 is 11.7 Å². The zero-order valence-electron chi connectivity index (χ0n) is 15.0. The second-order valence-electron chi connectivity index (χ2n) is 6.55. The van der Waals surface area contributed by atoms with Crippen molar-refractivity contribution in [2.45, 2.75) is 13.8 Å². The van der Waals surface area contributed by atoms with E-state index in [9.17, 15) is 9.18 Å². The molecule has 4 rings (SSSR count). The lowest BCUT2D eigenvalue weighted by Gasteiger charge is -2.06. The van der Waals surface area contributed by atoms with Gasteiger partial charge in [-0.05, 0) is 73.5 Å². The minimum atomic E-state index is -0.542. The number of hydrogen-bond donors (Lipinski definition) is 2. The van der Waals surface area contributed by atoms with Gasteiger partial charge in [-0.25, -0.2) is 9.37 Å². The summed E-state index contributed by atoms with van der Waals surface area (Å²) in [6.45, 7) is 4.14. The van der Waals surface area contributed by atoms with Crippen molar-refractivity contribution in [3.63, 3.8) is 0 Å². The standard InChI is InChI=1S/C22H18FN3O/c1-13-11-19-20(12-14(13)2)26-21(25-19)15-7-9-16(10-8-15)24-22(27)17-5-3-4-6-18(17)23/h3-12H,1-2H3,(H,24,27)(H,25,26). The van der Waals surface area contributed by atoms with Gasteiger partial charge >= 0.3 is 0 Å². The maximum atomic E-state index is 13.7. The van der Waals surface area contributed by atoms with Gasteiger partial charge in [-0.2, -0.15) is 0 Å². The molecule has 0 aliphatic heterocycles. The maximum Gasteiger partial charge on any atom is 0.258 e. The smallest absolute Gasteiger partial charge is 0.258 e. The fourth-order valence-electron chi connectivity index (χ4n) is 2.96. The lowest BCUT2D eigenvalue weighted by Crippen LogP contribution is -2.13. The van der Waals surface area contributed by atoms with Crippen LogP contribution in [0.15, 0.2) is 60.7 Å². The molecule has 0 saturated heterocycles. The molecule has 3 aromatic carbocycles. The Morgan fingerprint density at radius 1 is 1.00 bits per heavy atom. The number of aromatic amines is 1. The van der Waals surface area contributed by atoms with Gasteiger partial charge < -0.3 is 10.3 Å². The molecule has 0 fully saturated rings. The molecule has 1 heterocycles. The van der Waals surface area contributed by atoms with Crippen molar-refractivity contribution in [2.24, 2.45) is 0 Å². The van der Waals surface area contributed by atoms with E-state index in [2.05, 4.69) is 41.3 Å². The quantitative estimate of drug-likeness (QED) is 0.526. The third kappa shape index (κ3) is 3.31. The second-order valence-corrected chi connectivity index (χ2v) is 6.55. The molecule has 0 atom stereocenters. The first-order chi connectivity index (χ1) is 13.0. The topological polar surface area (TPSA) is 57.8 Å². The van der Waals surface area contributed by atoms with Gasteiger partial charge in [0.25, 0.3) is 5.91 Å². The number of carbonyl (C=O) groups excluding carboxylic acids is 1. The van der Waals surface area contributed by atoms with Crippen LogP contribution in [0.25, 0.3) is 22.4 Å². The number of amides is 1. The van der Waals surface area contributed by atoms with Crippen molar-refractivity contribution in [2.75, 3.05) is 5.32 Å². The fraction of sp³-hybridized carbons (Fsp3) is 0.0909. The van der Waals surface area contributed by atoms with E-state index in [-0.39, 0.29) is 5.56 Å². The number of imidazole rings is 1. The van der Waals surface area contributed by atoms with E-state index in [4.69, 9.17) is 0 Å². The molecule has 0 radical (unpaired) electrons. The SMILES string of the molecule is Cc1cc2nc(-c3ccc(NC(=O)c4ccccc4F)cc3)[nH]c2cc1C. The van der Waals surface area contributed by atoms with Crippen molar-refractivity contribution >= 4 is 22.6 Å². The van der Waals surface area contributed by atoms with Gasteiger partial charge in [0.1, 0.15) is 11.6 Å². The molecule has 4 nitrogen and oxygen atoms in total. The Labute approximate surface area is 156 Å². The number of H-pyrrole nitrogens is 1. The Kier molecular flexibility index (Phi) is 4.20. The largest absolute Gasteiger partial charge is 0.338 e. The molecule has 0 bridgehead atoms. The summed E-state index contributed by atoms with van der Waals surface area (Å²) in [5.41, 5.74) is 5.84. The first-order valence-electron chi connectivity index (χ1n) is 8.64. The van der Waals surface area contributed by atoms with Crippen LogP contribution in [-0.4, -0.2) is 15.9 Å². The van der Waals surface area contributed by atoms with Crippen LogP contribution in [0.5, 0.6) is 0 Å². The molecule has 0 aliphatic carbocycles. The van der Waals surface area contributed by atoms with Crippen LogP contribution in [0.2, 0.25) is 0 Å². The highest BCUT2D eigenvalue weighted by Gasteiger charge is 2.11. The molecule has 2 N–H and O–H groups in total. The minimum absolute atomic E-state index is 0.0181. The molecular weight excluding hydrogens is 341 g/mol. The molecule has 1 aromatic heterocycles. The summed E-state index contributed by atoms with van der Waals surface area (Å²) in [6, 6.07) is 17.3. The number of nitrogens with one attached hydrogen (secondary N) is 2. The summed E-state index contributed by atoms with van der Waals surface area (Å²) >= 11 is 0. The zero-order valence-corrected chi connectivity index (χ0v) is 15.0. The van der Waals surface area contributed by atoms with Crippen molar-refractivity contribution in [1.82, 2.24) is 9.97 Å². The summed E-state index contributed by atoms with van der Waals surface area (Å²) in [4.78, 5) is 20.2. The number of rotatable bonds is 3. The van der Waals surface area contributed by atoms with E-state index in [1.807, 2.05) is 12.1 Å². The third-order valence-electron chi connectivity index (χ3n) is 4.63. The predicted octanol–water partition coefficient (Wildman–Crippen LogP) is 5.24. The average molecular weight is 359 g/mol. The van der Waals surface area contributed by atoms with Gasteiger partial charge in [0.2, 0.25) is 0 Å². The zero-order chi connectivity index (χ0) is 19.0. The van der Waals surface area contributed by atoms with E-state index in [1.54, 1.807) is 24.3 Å². The fourth-order valence-corrected chi connectivity index (χ4v) is 2.96. The maximum absolute atomic E-state index is 13.7. The Balaban J connectivity index is 1.57. The van der Waals surface area contributed by atoms with Crippen molar-refractivity contribution in [1.29, 1.82) is 0 Å². The van der Waals surface area contributed by atoms with Crippen LogP contribution in [-0.2, 0) is 0 Å². The Morgan fingerprint density at radius 3 is 2.44 bits per heavy atom. The number of nitrogens with zero attached hydrogens (tertiary/aromatic N) is 1. The summed E-state index contributed by atoms with van der Waals surface area (Å²) in [7, 11) is 0. The van der Waals surface area contributed by atoms with Crippen LogP contribution in [0, 0.1) is 19.7 Å². The Morgan fingerprint density at radius 2 is 1.70 bits per heavy atom. The van der Waals surface area contributed by atoms with Crippen molar-refractivity contribution in [3.8, 4) is 11.4 Å². The summed E-state index contributed by atoms with van der Waals surface area (Å²) in [6.07, 6.45) is 0. The highest BCUT2D eigenvalue weighted by Crippen LogP contribution is 2.24. The number of carbonyl (C=O) groups is 1. The first kappa shape index (κ1) is 17.0. The Bertz CT molecular complexity index is 1110. The molecule has 4 aromatic rings. The highest BCUT2D eigenvalue weighted by atomic mass is 19.1. The highest BCUT2D eigenvalue weighted by molar-refractivity contribution is 6.04. The normalized spacial score (nSPS) is 10.9. The third-order valence-corrected chi connectivity index (χ3v) is 4.63. The van der Waals surface area contributed by atoms with Crippen molar-refractivity contribution < 1.29 is 9.18 Å². The number of aromatic nitrogens is 2. The molecule has 5 heteroatoms. The molecular formula is C22H18FN3O. The molecule has 1 amide bonds. The summed E-state index contributed by atoms with van der Waals surface area (Å²) in [5, 5.41) is 2.71. The molecule has 0 saturated carbocycles. The molecule has 0 spiro atoms. The minimum Gasteiger partial charge on any atom is -0.338 e. The first-order valence-corrected chi connectivity index (χ1v) is 8.64. The molecule has 27 heavy (non-hydrogen) atoms. The predicted molar refractivity (Wildman–Crippen MR) is 105 cm³/mol. The van der Waals surface area contributed by atoms with Crippen LogP contribution >= 0.6 is 0 Å². The molecule has 0 aliphatic rings. The van der Waals surface area contributed by atoms with Crippen LogP contribution in [0.4, 0.5) is 10.1 Å². The lowest BCUT2D eigenvalue weighted by molar-refractivity contribution is 0.102. The van der Waals surface area contributed by atoms with Gasteiger partial charge in [-0.15, -0.1) is 0 Å². The van der Waals surface area contributed by atoms with Crippen LogP contribution in [0.1, 0.15) is 21.5 Å². The van der Waals surface area contributed by atoms with Gasteiger partial charge in [-0.3, -0.25) is 4.79 Å². The molecule has 0 unspecified atom stereocenters. The average Bonchev–Trinajstić information content (AvgIpc) is 3.05. The van der Waals surface area contributed by atoms with Gasteiger partial charge in [-0.1, -0.05) is 12.1 Å². The number of aryl methyl sites for hydroxylation is 2. The van der Waals surface area contributed by atoms with Gasteiger partial charge in [0, 0.05) is 11.3 Å². The monoisotopic (exact) mass is 359 g/mol. The van der Waals surface area contributed by atoms with Crippen LogP contribution in [0.3, 0.4) is 0 Å². The van der Waals surface area contributed by atoms with E-state index in [0.29, 0.717) is 5.69 Å². The van der Waals surface area contributed by atoms with Crippen molar-refractivity contribution in [3.05, 3.63) is 83.2 Å². The van der Waals surface area contributed by atoms with Gasteiger partial charge in [0.05, 0.1) is 16.6 Å². The number of anilines is 1. The van der Waals surface area contributed by atoms with E-state index >= 15 is 0 Å². The second kappa shape index (κ2) is 6.68. The number of benzene rings is 3. The lowest BCUT2D eigenvalue weighted by atomic mass is 10.1. The number of hydrogen-bond acceptors (Lipinski definition) is 2. The number of fused-ring (bicyclic) bond motifs is 1. The Hall–Kier alpha value is -3.47. The molecule has 134 valence electrons. The van der Waals surface area contributed by atoms with Gasteiger partial charge in [0.15, 0.2) is 0 Å². The summed E-state index contributed by atoms with van der Waals surface area (Å²) in [5.74, 6) is -0.253.